The van der Waals surface area contributed by atoms with E-state index in [4.69, 9.17) is 4.42 Å². The summed E-state index contributed by atoms with van der Waals surface area (Å²) in [6, 6.07) is 10.5. The van der Waals surface area contributed by atoms with Gasteiger partial charge in [-0.15, -0.1) is 0 Å². The molecule has 84 valence electrons. The molecule has 16 heavy (non-hydrogen) atoms. The maximum atomic E-state index is 5.38. The fraction of sp³-hybridized carbons (Fsp3) is 0.286. The maximum Gasteiger partial charge on any atom is 0.125 e. The summed E-state index contributed by atoms with van der Waals surface area (Å²) >= 11 is 0. The van der Waals surface area contributed by atoms with Crippen LogP contribution < -0.4 is 5.32 Å². The summed E-state index contributed by atoms with van der Waals surface area (Å²) in [5.74, 6) is 1.00. The molecule has 0 amide bonds. The van der Waals surface area contributed by atoms with Crippen molar-refractivity contribution >= 4 is 5.69 Å². The quantitative estimate of drug-likeness (QED) is 0.840. The van der Waals surface area contributed by atoms with Gasteiger partial charge in [-0.2, -0.15) is 0 Å². The Bertz CT molecular complexity index is 459. The van der Waals surface area contributed by atoms with E-state index in [1.54, 1.807) is 6.26 Å². The predicted molar refractivity (Wildman–Crippen MR) is 66.6 cm³/mol. The lowest BCUT2D eigenvalue weighted by Gasteiger charge is -2.06. The summed E-state index contributed by atoms with van der Waals surface area (Å²) < 4.78 is 5.38. The van der Waals surface area contributed by atoms with E-state index in [2.05, 4.69) is 43.4 Å². The molecule has 1 aromatic carbocycles. The van der Waals surface area contributed by atoms with Crippen LogP contribution in [-0.4, -0.2) is 0 Å². The van der Waals surface area contributed by atoms with Gasteiger partial charge in [0.25, 0.3) is 0 Å². The summed E-state index contributed by atoms with van der Waals surface area (Å²) in [4.78, 5) is 0. The lowest BCUT2D eigenvalue weighted by atomic mass is 10.1. The summed E-state index contributed by atoms with van der Waals surface area (Å²) in [7, 11) is 0. The predicted octanol–water partition coefficient (Wildman–Crippen LogP) is 3.76. The van der Waals surface area contributed by atoms with Gasteiger partial charge in [0, 0.05) is 5.69 Å². The van der Waals surface area contributed by atoms with Crippen molar-refractivity contribution in [2.24, 2.45) is 0 Å². The Hall–Kier alpha value is -1.70. The number of nitrogens with one attached hydrogen (secondary N) is 1. The normalized spacial score (nSPS) is 10.4. The average Bonchev–Trinajstić information content (AvgIpc) is 2.72. The molecular formula is C14H17NO. The van der Waals surface area contributed by atoms with E-state index in [1.165, 1.54) is 11.1 Å². The molecule has 0 aliphatic carbocycles. The first-order valence-corrected chi connectivity index (χ1v) is 5.65. The van der Waals surface area contributed by atoms with Crippen molar-refractivity contribution in [2.75, 3.05) is 5.32 Å². The Balaban J connectivity index is 2.02. The third kappa shape index (κ3) is 2.45. The van der Waals surface area contributed by atoms with Gasteiger partial charge >= 0.3 is 0 Å². The van der Waals surface area contributed by atoms with Crippen molar-refractivity contribution in [3.05, 3.63) is 53.5 Å². The highest BCUT2D eigenvalue weighted by Crippen LogP contribution is 2.14. The molecule has 0 aliphatic rings. The fourth-order valence-electron chi connectivity index (χ4n) is 1.67. The average molecular weight is 215 g/mol. The highest BCUT2D eigenvalue weighted by molar-refractivity contribution is 5.46. The summed E-state index contributed by atoms with van der Waals surface area (Å²) in [6.07, 6.45) is 2.80. The molecule has 1 N–H and O–H groups in total. The van der Waals surface area contributed by atoms with Gasteiger partial charge in [-0.1, -0.05) is 19.1 Å². The zero-order valence-corrected chi connectivity index (χ0v) is 9.79. The van der Waals surface area contributed by atoms with Crippen molar-refractivity contribution in [2.45, 2.75) is 26.8 Å². The molecule has 0 saturated carbocycles. The Labute approximate surface area is 96.3 Å². The fourth-order valence-corrected chi connectivity index (χ4v) is 1.67. The summed E-state index contributed by atoms with van der Waals surface area (Å²) in [5, 5.41) is 3.37. The van der Waals surface area contributed by atoms with Crippen LogP contribution in [-0.2, 0) is 13.0 Å². The van der Waals surface area contributed by atoms with Gasteiger partial charge in [-0.3, -0.25) is 0 Å². The molecule has 0 fully saturated rings. The second kappa shape index (κ2) is 4.88. The zero-order chi connectivity index (χ0) is 11.4. The van der Waals surface area contributed by atoms with E-state index in [0.717, 1.165) is 24.4 Å². The van der Waals surface area contributed by atoms with Gasteiger partial charge in [-0.25, -0.2) is 0 Å². The number of benzene rings is 1. The van der Waals surface area contributed by atoms with Gasteiger partial charge in [0.15, 0.2) is 0 Å². The molecular weight excluding hydrogens is 198 g/mol. The number of hydrogen-bond acceptors (Lipinski definition) is 2. The van der Waals surface area contributed by atoms with Crippen molar-refractivity contribution in [1.82, 2.24) is 0 Å². The van der Waals surface area contributed by atoms with Gasteiger partial charge in [-0.05, 0) is 42.7 Å². The molecule has 1 aromatic heterocycles. The number of hydrogen-bond donors (Lipinski definition) is 1. The van der Waals surface area contributed by atoms with Crippen LogP contribution in [0.5, 0.6) is 0 Å². The number of rotatable bonds is 4. The third-order valence-electron chi connectivity index (χ3n) is 2.76. The van der Waals surface area contributed by atoms with Crippen LogP contribution in [0, 0.1) is 6.92 Å². The molecule has 1 heterocycles. The van der Waals surface area contributed by atoms with Crippen molar-refractivity contribution in [1.29, 1.82) is 0 Å². The van der Waals surface area contributed by atoms with Crippen molar-refractivity contribution in [3.8, 4) is 0 Å². The van der Waals surface area contributed by atoms with Crippen LogP contribution in [0.15, 0.2) is 41.0 Å². The second-order valence-electron chi connectivity index (χ2n) is 3.93. The Morgan fingerprint density at radius 2 is 2.12 bits per heavy atom. The van der Waals surface area contributed by atoms with Crippen LogP contribution >= 0.6 is 0 Å². The van der Waals surface area contributed by atoms with Crippen LogP contribution in [0.25, 0.3) is 0 Å². The minimum absolute atomic E-state index is 0.742. The third-order valence-corrected chi connectivity index (χ3v) is 2.76. The lowest BCUT2D eigenvalue weighted by Crippen LogP contribution is -1.99. The zero-order valence-electron chi connectivity index (χ0n) is 9.79. The molecule has 0 aliphatic heterocycles. The highest BCUT2D eigenvalue weighted by atomic mass is 16.3. The first-order chi connectivity index (χ1) is 7.79. The maximum absolute atomic E-state index is 5.38. The second-order valence-corrected chi connectivity index (χ2v) is 3.93. The minimum atomic E-state index is 0.742. The lowest BCUT2D eigenvalue weighted by molar-refractivity contribution is 0.515. The molecule has 0 saturated heterocycles. The van der Waals surface area contributed by atoms with E-state index >= 15 is 0 Å². The molecule has 0 unspecified atom stereocenters. The van der Waals surface area contributed by atoms with Gasteiger partial charge < -0.3 is 9.73 Å². The minimum Gasteiger partial charge on any atom is -0.467 e. The van der Waals surface area contributed by atoms with Crippen LogP contribution in [0.3, 0.4) is 0 Å². The summed E-state index contributed by atoms with van der Waals surface area (Å²) in [6.45, 7) is 4.96. The Morgan fingerprint density at radius 1 is 1.25 bits per heavy atom. The Kier molecular flexibility index (Phi) is 3.30. The SMILES string of the molecule is CCc1cccc(NCc2occc2C)c1. The molecule has 2 heteroatoms. The van der Waals surface area contributed by atoms with Gasteiger partial charge in [0.1, 0.15) is 5.76 Å². The van der Waals surface area contributed by atoms with Crippen LogP contribution in [0.4, 0.5) is 5.69 Å². The van der Waals surface area contributed by atoms with Gasteiger partial charge in [0.05, 0.1) is 12.8 Å². The summed E-state index contributed by atoms with van der Waals surface area (Å²) in [5.41, 5.74) is 3.69. The number of aryl methyl sites for hydroxylation is 2. The smallest absolute Gasteiger partial charge is 0.125 e. The van der Waals surface area contributed by atoms with E-state index in [-0.39, 0.29) is 0 Å². The van der Waals surface area contributed by atoms with Crippen molar-refractivity contribution < 1.29 is 4.42 Å². The van der Waals surface area contributed by atoms with E-state index in [0.29, 0.717) is 0 Å². The molecule has 2 aromatic rings. The number of furan rings is 1. The number of anilines is 1. The topological polar surface area (TPSA) is 25.2 Å². The molecule has 0 spiro atoms. The Morgan fingerprint density at radius 3 is 2.81 bits per heavy atom. The largest absolute Gasteiger partial charge is 0.467 e. The van der Waals surface area contributed by atoms with E-state index in [1.807, 2.05) is 6.07 Å². The molecule has 0 atom stereocenters. The van der Waals surface area contributed by atoms with Crippen LogP contribution in [0.2, 0.25) is 0 Å². The first kappa shape index (κ1) is 10.8. The van der Waals surface area contributed by atoms with E-state index in [9.17, 15) is 0 Å². The van der Waals surface area contributed by atoms with E-state index < -0.39 is 0 Å². The standard InChI is InChI=1S/C14H17NO/c1-3-12-5-4-6-13(9-12)15-10-14-11(2)7-8-16-14/h4-9,15H,3,10H2,1-2H3. The van der Waals surface area contributed by atoms with Crippen molar-refractivity contribution in [3.63, 3.8) is 0 Å². The monoisotopic (exact) mass is 215 g/mol. The molecule has 2 rings (SSSR count). The first-order valence-electron chi connectivity index (χ1n) is 5.65. The molecule has 0 radical (unpaired) electrons. The highest BCUT2D eigenvalue weighted by Gasteiger charge is 2.01. The molecule has 2 nitrogen and oxygen atoms in total. The molecule has 0 bridgehead atoms. The van der Waals surface area contributed by atoms with Gasteiger partial charge in [0.2, 0.25) is 0 Å². The van der Waals surface area contributed by atoms with Crippen LogP contribution in [0.1, 0.15) is 23.8 Å².